The Bertz CT molecular complexity index is 1120. The summed E-state index contributed by atoms with van der Waals surface area (Å²) in [6.45, 7) is 2.97. The highest BCUT2D eigenvalue weighted by atomic mass is 35.5. The Morgan fingerprint density at radius 3 is 2.36 bits per heavy atom. The second kappa shape index (κ2) is 10.8. The predicted octanol–water partition coefficient (Wildman–Crippen LogP) is 3.36. The largest absolute Gasteiger partial charge is 0.457 e. The van der Waals surface area contributed by atoms with Gasteiger partial charge in [0.2, 0.25) is 11.8 Å². The number of hydrogen-bond acceptors (Lipinski definition) is 6. The second-order valence-corrected chi connectivity index (χ2v) is 9.73. The molecular weight excluding hydrogens is 478 g/mol. The van der Waals surface area contributed by atoms with Crippen molar-refractivity contribution in [1.82, 2.24) is 20.2 Å². The van der Waals surface area contributed by atoms with E-state index in [4.69, 9.17) is 22.1 Å². The third kappa shape index (κ3) is 4.88. The molecule has 1 atom stereocenters. The molecule has 2 amide bonds. The average molecular weight is 510 g/mol. The normalized spacial score (nSPS) is 20.8. The number of nitrogens with zero attached hydrogens (tertiary/aromatic N) is 3. The molecule has 2 aromatic carbocycles. The zero-order chi connectivity index (χ0) is 25.1. The van der Waals surface area contributed by atoms with Crippen LogP contribution in [0.4, 0.5) is 0 Å². The summed E-state index contributed by atoms with van der Waals surface area (Å²) >= 11 is 5.79. The first-order valence-electron chi connectivity index (χ1n) is 12.6. The zero-order valence-electron chi connectivity index (χ0n) is 20.2. The number of ether oxygens (including phenoxy) is 1. The molecule has 0 spiro atoms. The molecule has 5 rings (SSSR count). The van der Waals surface area contributed by atoms with Crippen LogP contribution in [0.1, 0.15) is 37.3 Å². The number of alkyl halides is 1. The number of hydrogen-bond donors (Lipinski definition) is 2. The maximum absolute atomic E-state index is 12.8. The molecule has 0 aromatic heterocycles. The molecule has 3 aliphatic rings. The molecule has 2 fully saturated rings. The first kappa shape index (κ1) is 24.5. The van der Waals surface area contributed by atoms with Crippen LogP contribution >= 0.6 is 11.6 Å². The smallest absolute Gasteiger partial charge is 0.250 e. The number of likely N-dealkylation sites (tertiary alicyclic amines) is 1. The minimum absolute atomic E-state index is 0.103. The summed E-state index contributed by atoms with van der Waals surface area (Å²) in [6.07, 6.45) is 2.96. The number of rotatable bonds is 7. The monoisotopic (exact) mass is 509 g/mol. The number of halogens is 1. The zero-order valence-corrected chi connectivity index (χ0v) is 21.0. The minimum atomic E-state index is -0.420. The van der Waals surface area contributed by atoms with Crippen LogP contribution < -0.4 is 15.8 Å². The van der Waals surface area contributed by atoms with Gasteiger partial charge in [-0.3, -0.25) is 14.6 Å². The summed E-state index contributed by atoms with van der Waals surface area (Å²) in [5.74, 6) is 2.33. The lowest BCUT2D eigenvalue weighted by Crippen LogP contribution is -2.54. The number of piperidine rings is 1. The summed E-state index contributed by atoms with van der Waals surface area (Å²) in [4.78, 5) is 27.0. The molecule has 36 heavy (non-hydrogen) atoms. The Hall–Kier alpha value is -3.23. The number of carbonyl (C=O) groups is 2. The highest BCUT2D eigenvalue weighted by molar-refractivity contribution is 6.18. The maximum atomic E-state index is 12.8. The van der Waals surface area contributed by atoms with Crippen molar-refractivity contribution in [1.29, 1.82) is 0 Å². The van der Waals surface area contributed by atoms with Crippen LogP contribution in [0, 0.1) is 0 Å². The number of carbonyl (C=O) groups excluding carboxylic acids is 2. The van der Waals surface area contributed by atoms with Crippen molar-refractivity contribution < 1.29 is 14.3 Å². The summed E-state index contributed by atoms with van der Waals surface area (Å²) in [6, 6.07) is 17.4. The second-order valence-electron chi connectivity index (χ2n) is 9.35. The van der Waals surface area contributed by atoms with E-state index in [9.17, 15) is 9.59 Å². The minimum Gasteiger partial charge on any atom is -0.457 e. The van der Waals surface area contributed by atoms with Gasteiger partial charge in [0.05, 0.1) is 11.6 Å². The van der Waals surface area contributed by atoms with Crippen LogP contribution in [0.15, 0.2) is 66.0 Å². The Kier molecular flexibility index (Phi) is 7.34. The summed E-state index contributed by atoms with van der Waals surface area (Å²) < 4.78 is 5.98. The molecule has 190 valence electrons. The molecule has 8 nitrogen and oxygen atoms in total. The van der Waals surface area contributed by atoms with Gasteiger partial charge in [0, 0.05) is 44.5 Å². The van der Waals surface area contributed by atoms with Crippen LogP contribution in [0.2, 0.25) is 0 Å². The first-order chi connectivity index (χ1) is 17.6. The van der Waals surface area contributed by atoms with Crippen molar-refractivity contribution in [2.45, 2.75) is 37.8 Å². The molecule has 3 heterocycles. The third-order valence-electron chi connectivity index (χ3n) is 7.11. The van der Waals surface area contributed by atoms with Gasteiger partial charge in [-0.25, -0.2) is 5.01 Å². The molecule has 0 saturated carbocycles. The summed E-state index contributed by atoms with van der Waals surface area (Å²) in [5, 5.41) is 7.94. The number of para-hydroxylation sites is 1. The van der Waals surface area contributed by atoms with Crippen LogP contribution in [-0.4, -0.2) is 64.8 Å². The fourth-order valence-corrected chi connectivity index (χ4v) is 5.61. The van der Waals surface area contributed by atoms with Gasteiger partial charge < -0.3 is 20.7 Å². The summed E-state index contributed by atoms with van der Waals surface area (Å²) in [5.41, 5.74) is 7.54. The molecular formula is C27H32ClN5O3. The highest BCUT2D eigenvalue weighted by Gasteiger charge is 2.46. The van der Waals surface area contributed by atoms with E-state index < -0.39 is 5.91 Å². The number of nitrogens with one attached hydrogen (secondary N) is 1. The maximum Gasteiger partial charge on any atom is 0.250 e. The van der Waals surface area contributed by atoms with Gasteiger partial charge in [-0.05, 0) is 49.1 Å². The SMILES string of the molecule is NC(=O)C1=C2NCCCN2N(C2CCN(C(=O)CCCl)CC2)C1c1ccc(Oc2ccccc2)cc1. The van der Waals surface area contributed by atoms with Gasteiger partial charge in [-0.2, -0.15) is 0 Å². The van der Waals surface area contributed by atoms with Gasteiger partial charge >= 0.3 is 0 Å². The highest BCUT2D eigenvalue weighted by Crippen LogP contribution is 2.43. The average Bonchev–Trinajstić information content (AvgIpc) is 3.25. The Labute approximate surface area is 216 Å². The van der Waals surface area contributed by atoms with Crippen molar-refractivity contribution >= 4 is 23.4 Å². The number of hydrazine groups is 1. The number of amides is 2. The van der Waals surface area contributed by atoms with Crippen LogP contribution in [0.25, 0.3) is 0 Å². The summed E-state index contributed by atoms with van der Waals surface area (Å²) in [7, 11) is 0. The van der Waals surface area contributed by atoms with Crippen LogP contribution in [-0.2, 0) is 9.59 Å². The molecule has 0 bridgehead atoms. The molecule has 0 aliphatic carbocycles. The third-order valence-corrected chi connectivity index (χ3v) is 7.30. The van der Waals surface area contributed by atoms with Gasteiger partial charge in [-0.1, -0.05) is 30.3 Å². The van der Waals surface area contributed by atoms with E-state index in [-0.39, 0.29) is 18.0 Å². The number of benzene rings is 2. The number of nitrogens with two attached hydrogens (primary N) is 1. The fraction of sp³-hybridized carbons (Fsp3) is 0.407. The number of primary amides is 1. The topological polar surface area (TPSA) is 91.1 Å². The van der Waals surface area contributed by atoms with Crippen molar-refractivity contribution in [3.05, 3.63) is 71.6 Å². The lowest BCUT2D eigenvalue weighted by atomic mass is 9.95. The van der Waals surface area contributed by atoms with Crippen molar-refractivity contribution in [2.75, 3.05) is 32.1 Å². The van der Waals surface area contributed by atoms with Crippen LogP contribution in [0.3, 0.4) is 0 Å². The van der Waals surface area contributed by atoms with E-state index in [0.717, 1.165) is 55.2 Å². The van der Waals surface area contributed by atoms with E-state index in [1.165, 1.54) is 0 Å². The molecule has 3 aliphatic heterocycles. The van der Waals surface area contributed by atoms with Crippen molar-refractivity contribution in [2.24, 2.45) is 5.73 Å². The molecule has 3 N–H and O–H groups in total. The molecule has 1 unspecified atom stereocenters. The van der Waals surface area contributed by atoms with Crippen LogP contribution in [0.5, 0.6) is 11.5 Å². The molecule has 2 aromatic rings. The van der Waals surface area contributed by atoms with Gasteiger partial charge in [-0.15, -0.1) is 11.6 Å². The van der Waals surface area contributed by atoms with Gasteiger partial charge in [0.15, 0.2) is 0 Å². The standard InChI is InChI=1S/C27H32ClN5O3/c28-14-11-23(34)31-17-12-20(13-18-31)33-25(24(26(29)35)27-30-15-4-16-32(27)33)19-7-9-22(10-8-19)36-21-5-2-1-3-6-21/h1-3,5-10,20,25,30H,4,11-18H2,(H2,29,35). The quantitative estimate of drug-likeness (QED) is 0.556. The molecule has 0 radical (unpaired) electrons. The molecule has 2 saturated heterocycles. The van der Waals surface area contributed by atoms with Crippen molar-refractivity contribution in [3.63, 3.8) is 0 Å². The van der Waals surface area contributed by atoms with E-state index in [1.807, 2.05) is 59.5 Å². The Balaban J connectivity index is 1.42. The predicted molar refractivity (Wildman–Crippen MR) is 138 cm³/mol. The lowest BCUT2D eigenvalue weighted by molar-refractivity contribution is -0.134. The van der Waals surface area contributed by atoms with Gasteiger partial charge in [0.25, 0.3) is 0 Å². The van der Waals surface area contributed by atoms with E-state index in [0.29, 0.717) is 31.0 Å². The van der Waals surface area contributed by atoms with E-state index in [2.05, 4.69) is 15.3 Å². The Morgan fingerprint density at radius 1 is 1.00 bits per heavy atom. The lowest BCUT2D eigenvalue weighted by Gasteiger charge is -2.45. The van der Waals surface area contributed by atoms with Crippen molar-refractivity contribution in [3.8, 4) is 11.5 Å². The Morgan fingerprint density at radius 2 is 1.69 bits per heavy atom. The fourth-order valence-electron chi connectivity index (χ4n) is 5.45. The first-order valence-corrected chi connectivity index (χ1v) is 13.1. The van der Waals surface area contributed by atoms with E-state index >= 15 is 0 Å². The molecule has 9 heteroatoms. The van der Waals surface area contributed by atoms with Gasteiger partial charge in [0.1, 0.15) is 17.3 Å². The van der Waals surface area contributed by atoms with E-state index in [1.54, 1.807) is 0 Å². The number of fused-ring (bicyclic) bond motifs is 1.